The summed E-state index contributed by atoms with van der Waals surface area (Å²) in [5.74, 6) is 1.81. The SMILES string of the molecule is O=C(O)CC1CCC(CCSC2=CCCC2=O)CC1. The number of Topliss-reactive ketones (excluding diaryl/α,β-unsaturated/α-hetero) is 1. The zero-order valence-corrected chi connectivity index (χ0v) is 12.1. The second-order valence-electron chi connectivity index (χ2n) is 5.65. The van der Waals surface area contributed by atoms with E-state index in [0.717, 1.165) is 55.1 Å². The Morgan fingerprint density at radius 3 is 2.53 bits per heavy atom. The second-order valence-corrected chi connectivity index (χ2v) is 6.79. The van der Waals surface area contributed by atoms with Crippen LogP contribution in [0.25, 0.3) is 0 Å². The standard InChI is InChI=1S/C15H22O3S/c16-13-2-1-3-14(13)19-9-8-11-4-6-12(7-5-11)10-15(17)18/h3,11-12H,1-2,4-10H2,(H,17,18). The van der Waals surface area contributed by atoms with Crippen LogP contribution < -0.4 is 0 Å². The number of allylic oxidation sites excluding steroid dienone is 2. The van der Waals surface area contributed by atoms with Gasteiger partial charge in [0, 0.05) is 17.7 Å². The van der Waals surface area contributed by atoms with Gasteiger partial charge >= 0.3 is 5.97 Å². The molecule has 1 N–H and O–H groups in total. The third kappa shape index (κ3) is 4.68. The fourth-order valence-corrected chi connectivity index (χ4v) is 4.19. The first-order valence-electron chi connectivity index (χ1n) is 7.23. The molecule has 0 atom stereocenters. The molecule has 0 heterocycles. The van der Waals surface area contributed by atoms with Gasteiger partial charge in [0.05, 0.1) is 0 Å². The first-order chi connectivity index (χ1) is 9.15. The molecule has 0 spiro atoms. The average Bonchev–Trinajstić information content (AvgIpc) is 2.77. The largest absolute Gasteiger partial charge is 0.481 e. The Kier molecular flexibility index (Phi) is 5.49. The third-order valence-corrected chi connectivity index (χ3v) is 5.33. The molecule has 0 bridgehead atoms. The summed E-state index contributed by atoms with van der Waals surface area (Å²) in [6.07, 6.45) is 9.61. The highest BCUT2D eigenvalue weighted by molar-refractivity contribution is 8.04. The van der Waals surface area contributed by atoms with Gasteiger partial charge in [-0.05, 0) is 43.3 Å². The van der Waals surface area contributed by atoms with Gasteiger partial charge in [-0.2, -0.15) is 0 Å². The smallest absolute Gasteiger partial charge is 0.303 e. The number of carboxylic acids is 1. The molecule has 2 aliphatic rings. The topological polar surface area (TPSA) is 54.4 Å². The zero-order chi connectivity index (χ0) is 13.7. The fraction of sp³-hybridized carbons (Fsp3) is 0.733. The minimum Gasteiger partial charge on any atom is -0.481 e. The normalized spacial score (nSPS) is 27.4. The molecule has 1 saturated carbocycles. The predicted molar refractivity (Wildman–Crippen MR) is 77.1 cm³/mol. The van der Waals surface area contributed by atoms with E-state index in [1.54, 1.807) is 11.8 Å². The minimum atomic E-state index is -0.661. The Morgan fingerprint density at radius 2 is 1.95 bits per heavy atom. The molecule has 1 fully saturated rings. The van der Waals surface area contributed by atoms with Gasteiger partial charge in [0.15, 0.2) is 5.78 Å². The average molecular weight is 282 g/mol. The van der Waals surface area contributed by atoms with Crippen molar-refractivity contribution in [2.75, 3.05) is 5.75 Å². The van der Waals surface area contributed by atoms with Crippen molar-refractivity contribution in [3.8, 4) is 0 Å². The van der Waals surface area contributed by atoms with E-state index in [-0.39, 0.29) is 0 Å². The van der Waals surface area contributed by atoms with E-state index in [4.69, 9.17) is 5.11 Å². The van der Waals surface area contributed by atoms with Crippen LogP contribution in [0.4, 0.5) is 0 Å². The minimum absolute atomic E-state index is 0.315. The molecule has 2 aliphatic carbocycles. The second kappa shape index (κ2) is 7.13. The molecule has 3 nitrogen and oxygen atoms in total. The molecule has 0 aromatic rings. The van der Waals surface area contributed by atoms with E-state index >= 15 is 0 Å². The third-order valence-electron chi connectivity index (χ3n) is 4.19. The molecule has 0 aromatic carbocycles. The van der Waals surface area contributed by atoms with Gasteiger partial charge in [0.2, 0.25) is 0 Å². The van der Waals surface area contributed by atoms with Gasteiger partial charge in [0.25, 0.3) is 0 Å². The highest BCUT2D eigenvalue weighted by atomic mass is 32.2. The maximum atomic E-state index is 11.5. The lowest BCUT2D eigenvalue weighted by molar-refractivity contribution is -0.138. The molecule has 19 heavy (non-hydrogen) atoms. The summed E-state index contributed by atoms with van der Waals surface area (Å²) in [7, 11) is 0. The summed E-state index contributed by atoms with van der Waals surface area (Å²) >= 11 is 1.71. The Labute approximate surface area is 118 Å². The van der Waals surface area contributed by atoms with Crippen molar-refractivity contribution in [1.82, 2.24) is 0 Å². The van der Waals surface area contributed by atoms with Gasteiger partial charge < -0.3 is 5.11 Å². The molecule has 4 heteroatoms. The number of carboxylic acid groups (broad SMARTS) is 1. The summed E-state index contributed by atoms with van der Waals surface area (Å²) in [6, 6.07) is 0. The van der Waals surface area contributed by atoms with Crippen LogP contribution in [0.1, 0.15) is 51.4 Å². The van der Waals surface area contributed by atoms with E-state index in [1.807, 2.05) is 0 Å². The van der Waals surface area contributed by atoms with Crippen LogP contribution >= 0.6 is 11.8 Å². The van der Waals surface area contributed by atoms with Crippen molar-refractivity contribution < 1.29 is 14.7 Å². The Hall–Kier alpha value is -0.770. The Balaban J connectivity index is 1.61. The van der Waals surface area contributed by atoms with Gasteiger partial charge in [-0.1, -0.05) is 18.9 Å². The van der Waals surface area contributed by atoms with Crippen molar-refractivity contribution in [2.24, 2.45) is 11.8 Å². The molecule has 0 aliphatic heterocycles. The zero-order valence-electron chi connectivity index (χ0n) is 11.3. The summed E-state index contributed by atoms with van der Waals surface area (Å²) in [5, 5.41) is 8.78. The number of rotatable bonds is 6. The van der Waals surface area contributed by atoms with E-state index in [2.05, 4.69) is 6.08 Å². The molecule has 2 rings (SSSR count). The van der Waals surface area contributed by atoms with Crippen LogP contribution in [-0.4, -0.2) is 22.6 Å². The maximum absolute atomic E-state index is 11.5. The van der Waals surface area contributed by atoms with Gasteiger partial charge in [-0.25, -0.2) is 0 Å². The maximum Gasteiger partial charge on any atom is 0.303 e. The fourth-order valence-electron chi connectivity index (χ4n) is 3.02. The lowest BCUT2D eigenvalue weighted by Crippen LogP contribution is -2.17. The summed E-state index contributed by atoms with van der Waals surface area (Å²) in [6.45, 7) is 0. The molecule has 0 aromatic heterocycles. The molecular weight excluding hydrogens is 260 g/mol. The first-order valence-corrected chi connectivity index (χ1v) is 8.21. The van der Waals surface area contributed by atoms with E-state index in [9.17, 15) is 9.59 Å². The van der Waals surface area contributed by atoms with Crippen LogP contribution in [0.15, 0.2) is 11.0 Å². The van der Waals surface area contributed by atoms with Crippen LogP contribution in [-0.2, 0) is 9.59 Å². The van der Waals surface area contributed by atoms with Crippen LogP contribution in [0.3, 0.4) is 0 Å². The number of carbonyl (C=O) groups is 2. The van der Waals surface area contributed by atoms with E-state index in [1.165, 1.54) is 0 Å². The highest BCUT2D eigenvalue weighted by Gasteiger charge is 2.23. The molecular formula is C15H22O3S. The van der Waals surface area contributed by atoms with Crippen molar-refractivity contribution >= 4 is 23.5 Å². The molecule has 0 amide bonds. The Bertz CT molecular complexity index is 368. The van der Waals surface area contributed by atoms with Crippen LogP contribution in [0, 0.1) is 11.8 Å². The van der Waals surface area contributed by atoms with Crippen molar-refractivity contribution in [2.45, 2.75) is 51.4 Å². The summed E-state index contributed by atoms with van der Waals surface area (Å²) < 4.78 is 0. The number of ketones is 1. The predicted octanol–water partition coefficient (Wildman–Crippen LogP) is 3.64. The number of hydrogen-bond acceptors (Lipinski definition) is 3. The number of aliphatic carboxylic acids is 1. The summed E-state index contributed by atoms with van der Waals surface area (Å²) in [5.41, 5.74) is 0. The summed E-state index contributed by atoms with van der Waals surface area (Å²) in [4.78, 5) is 23.1. The lowest BCUT2D eigenvalue weighted by atomic mass is 9.79. The molecule has 0 saturated heterocycles. The Morgan fingerprint density at radius 1 is 1.26 bits per heavy atom. The number of hydrogen-bond donors (Lipinski definition) is 1. The molecule has 0 unspecified atom stereocenters. The first kappa shape index (κ1) is 14.6. The lowest BCUT2D eigenvalue weighted by Gasteiger charge is -2.27. The van der Waals surface area contributed by atoms with E-state index < -0.39 is 5.97 Å². The monoisotopic (exact) mass is 282 g/mol. The highest BCUT2D eigenvalue weighted by Crippen LogP contribution is 2.34. The van der Waals surface area contributed by atoms with Crippen molar-refractivity contribution in [1.29, 1.82) is 0 Å². The van der Waals surface area contributed by atoms with Gasteiger partial charge in [0.1, 0.15) is 0 Å². The van der Waals surface area contributed by atoms with Crippen molar-refractivity contribution in [3.05, 3.63) is 11.0 Å². The van der Waals surface area contributed by atoms with Crippen LogP contribution in [0.2, 0.25) is 0 Å². The van der Waals surface area contributed by atoms with Gasteiger partial charge in [-0.3, -0.25) is 9.59 Å². The van der Waals surface area contributed by atoms with Crippen LogP contribution in [0.5, 0.6) is 0 Å². The van der Waals surface area contributed by atoms with E-state index in [0.29, 0.717) is 24.5 Å². The number of thioether (sulfide) groups is 1. The van der Waals surface area contributed by atoms with Crippen molar-refractivity contribution in [3.63, 3.8) is 0 Å². The quantitative estimate of drug-likeness (QED) is 0.808. The molecule has 106 valence electrons. The molecule has 0 radical (unpaired) electrons. The number of carbonyl (C=O) groups excluding carboxylic acids is 1. The van der Waals surface area contributed by atoms with Gasteiger partial charge in [-0.15, -0.1) is 11.8 Å².